The fraction of sp³-hybridized carbons (Fsp3) is 0.650. The van der Waals surface area contributed by atoms with Gasteiger partial charge in [-0.05, 0) is 56.8 Å². The van der Waals surface area contributed by atoms with E-state index in [1.165, 1.54) is 37.9 Å². The molecule has 1 aliphatic rings. The minimum absolute atomic E-state index is 0.736. The van der Waals surface area contributed by atoms with Crippen LogP contribution in [-0.4, -0.2) is 50.7 Å². The van der Waals surface area contributed by atoms with E-state index in [0.29, 0.717) is 0 Å². The van der Waals surface area contributed by atoms with E-state index >= 15 is 0 Å². The van der Waals surface area contributed by atoms with Gasteiger partial charge in [0.1, 0.15) is 5.75 Å². The minimum Gasteiger partial charge on any atom is -0.496 e. The number of aryl methyl sites for hydroxylation is 1. The molecule has 140 valence electrons. The Bertz CT molecular complexity index is 559. The van der Waals surface area contributed by atoms with Crippen molar-refractivity contribution < 1.29 is 4.74 Å². The van der Waals surface area contributed by atoms with E-state index in [1.54, 1.807) is 7.11 Å². The molecule has 0 aromatic heterocycles. The van der Waals surface area contributed by atoms with E-state index in [-0.39, 0.29) is 0 Å². The maximum absolute atomic E-state index is 5.39. The molecule has 0 spiro atoms. The monoisotopic (exact) mass is 346 g/mol. The molecule has 1 heterocycles. The Balaban J connectivity index is 1.70. The molecule has 1 aliphatic heterocycles. The van der Waals surface area contributed by atoms with Crippen LogP contribution in [0.2, 0.25) is 0 Å². The van der Waals surface area contributed by atoms with Crippen molar-refractivity contribution in [3.8, 4) is 5.75 Å². The summed E-state index contributed by atoms with van der Waals surface area (Å²) in [6, 6.07) is 7.03. The van der Waals surface area contributed by atoms with Crippen LogP contribution in [0, 0.1) is 6.92 Å². The summed E-state index contributed by atoms with van der Waals surface area (Å²) in [6.07, 6.45) is 5.22. The average molecular weight is 347 g/mol. The van der Waals surface area contributed by atoms with Gasteiger partial charge in [-0.1, -0.05) is 18.6 Å². The van der Waals surface area contributed by atoms with Gasteiger partial charge in [0.05, 0.1) is 7.11 Å². The molecule has 1 fully saturated rings. The molecule has 25 heavy (non-hydrogen) atoms. The largest absolute Gasteiger partial charge is 0.496 e. The SMILES string of the molecule is CN=C(NCCCN1CCCCC1C)NCc1ccc(C)c(OC)c1. The fourth-order valence-electron chi connectivity index (χ4n) is 3.36. The van der Waals surface area contributed by atoms with E-state index in [0.717, 1.165) is 42.8 Å². The predicted octanol–water partition coefficient (Wildman–Crippen LogP) is 2.93. The highest BCUT2D eigenvalue weighted by atomic mass is 16.5. The second-order valence-corrected chi connectivity index (χ2v) is 6.89. The van der Waals surface area contributed by atoms with Crippen molar-refractivity contribution in [2.75, 3.05) is 33.8 Å². The van der Waals surface area contributed by atoms with Crippen LogP contribution >= 0.6 is 0 Å². The van der Waals surface area contributed by atoms with Crippen molar-refractivity contribution in [3.05, 3.63) is 29.3 Å². The molecule has 1 atom stereocenters. The van der Waals surface area contributed by atoms with Crippen molar-refractivity contribution in [2.24, 2.45) is 4.99 Å². The first kappa shape index (κ1) is 19.6. The lowest BCUT2D eigenvalue weighted by molar-refractivity contribution is 0.159. The van der Waals surface area contributed by atoms with Crippen LogP contribution in [0.4, 0.5) is 0 Å². The number of ether oxygens (including phenoxy) is 1. The molecule has 1 unspecified atom stereocenters. The molecule has 5 nitrogen and oxygen atoms in total. The summed E-state index contributed by atoms with van der Waals surface area (Å²) in [5.41, 5.74) is 2.34. The van der Waals surface area contributed by atoms with Gasteiger partial charge in [-0.3, -0.25) is 4.99 Å². The number of likely N-dealkylation sites (tertiary alicyclic amines) is 1. The van der Waals surface area contributed by atoms with Gasteiger partial charge in [0.15, 0.2) is 5.96 Å². The summed E-state index contributed by atoms with van der Waals surface area (Å²) in [5, 5.41) is 6.79. The van der Waals surface area contributed by atoms with Gasteiger partial charge in [-0.25, -0.2) is 0 Å². The summed E-state index contributed by atoms with van der Waals surface area (Å²) in [7, 11) is 3.53. The van der Waals surface area contributed by atoms with E-state index in [9.17, 15) is 0 Å². The normalized spacial score (nSPS) is 18.9. The van der Waals surface area contributed by atoms with Crippen LogP contribution in [0.25, 0.3) is 0 Å². The third-order valence-electron chi connectivity index (χ3n) is 5.01. The number of hydrogen-bond donors (Lipinski definition) is 2. The highest BCUT2D eigenvalue weighted by Crippen LogP contribution is 2.18. The zero-order chi connectivity index (χ0) is 18.1. The summed E-state index contributed by atoms with van der Waals surface area (Å²) < 4.78 is 5.39. The Morgan fingerprint density at radius 3 is 2.88 bits per heavy atom. The van der Waals surface area contributed by atoms with Crippen LogP contribution in [-0.2, 0) is 6.54 Å². The lowest BCUT2D eigenvalue weighted by Crippen LogP contribution is -2.41. The number of guanidine groups is 1. The van der Waals surface area contributed by atoms with Crippen LogP contribution in [0.1, 0.15) is 43.7 Å². The molecule has 2 rings (SSSR count). The maximum Gasteiger partial charge on any atom is 0.191 e. The summed E-state index contributed by atoms with van der Waals surface area (Å²) >= 11 is 0. The topological polar surface area (TPSA) is 48.9 Å². The standard InChI is InChI=1S/C20H34N4O/c1-16-9-10-18(14-19(16)25-4)15-23-20(21-3)22-11-7-13-24-12-6-5-8-17(24)2/h9-10,14,17H,5-8,11-13,15H2,1-4H3,(H2,21,22,23). The van der Waals surface area contributed by atoms with Gasteiger partial charge in [0.25, 0.3) is 0 Å². The first-order valence-corrected chi connectivity index (χ1v) is 9.46. The smallest absolute Gasteiger partial charge is 0.191 e. The quantitative estimate of drug-likeness (QED) is 0.453. The van der Waals surface area contributed by atoms with Gasteiger partial charge < -0.3 is 20.3 Å². The molecule has 0 radical (unpaired) electrons. The second kappa shape index (κ2) is 10.3. The van der Waals surface area contributed by atoms with Gasteiger partial charge >= 0.3 is 0 Å². The zero-order valence-electron chi connectivity index (χ0n) is 16.3. The van der Waals surface area contributed by atoms with E-state index in [4.69, 9.17) is 4.74 Å². The van der Waals surface area contributed by atoms with E-state index < -0.39 is 0 Å². The Morgan fingerprint density at radius 1 is 1.32 bits per heavy atom. The molecule has 1 saturated heterocycles. The third-order valence-corrected chi connectivity index (χ3v) is 5.01. The third kappa shape index (κ3) is 6.24. The van der Waals surface area contributed by atoms with Crippen LogP contribution in [0.3, 0.4) is 0 Å². The molecule has 1 aromatic rings. The average Bonchev–Trinajstić information content (AvgIpc) is 2.63. The summed E-state index contributed by atoms with van der Waals surface area (Å²) in [4.78, 5) is 6.92. The number of piperidine rings is 1. The van der Waals surface area contributed by atoms with Crippen molar-refractivity contribution >= 4 is 5.96 Å². The minimum atomic E-state index is 0.736. The predicted molar refractivity (Wildman–Crippen MR) is 105 cm³/mol. The second-order valence-electron chi connectivity index (χ2n) is 6.89. The van der Waals surface area contributed by atoms with Crippen molar-refractivity contribution in [1.82, 2.24) is 15.5 Å². The number of rotatable bonds is 7. The molecule has 5 heteroatoms. The van der Waals surface area contributed by atoms with Gasteiger partial charge in [0, 0.05) is 32.7 Å². The number of hydrogen-bond acceptors (Lipinski definition) is 3. The van der Waals surface area contributed by atoms with Crippen LogP contribution in [0.5, 0.6) is 5.75 Å². The van der Waals surface area contributed by atoms with Crippen molar-refractivity contribution in [1.29, 1.82) is 0 Å². The Labute approximate surface area is 152 Å². The fourth-order valence-corrected chi connectivity index (χ4v) is 3.36. The molecule has 0 aliphatic carbocycles. The lowest BCUT2D eigenvalue weighted by atomic mass is 10.0. The van der Waals surface area contributed by atoms with Crippen molar-refractivity contribution in [3.63, 3.8) is 0 Å². The number of benzene rings is 1. The molecule has 0 amide bonds. The first-order chi connectivity index (χ1) is 12.1. The van der Waals surface area contributed by atoms with E-state index in [1.807, 2.05) is 7.05 Å². The van der Waals surface area contributed by atoms with Crippen molar-refractivity contribution in [2.45, 2.75) is 52.1 Å². The highest BCUT2D eigenvalue weighted by molar-refractivity contribution is 5.79. The number of nitrogens with one attached hydrogen (secondary N) is 2. The number of aliphatic imine (C=N–C) groups is 1. The molecular weight excluding hydrogens is 312 g/mol. The molecule has 0 bridgehead atoms. The summed E-state index contributed by atoms with van der Waals surface area (Å²) in [5.74, 6) is 1.78. The van der Waals surface area contributed by atoms with Crippen LogP contribution < -0.4 is 15.4 Å². The molecule has 0 saturated carbocycles. The summed E-state index contributed by atoms with van der Waals surface area (Å²) in [6.45, 7) is 8.51. The maximum atomic E-state index is 5.39. The molecule has 1 aromatic carbocycles. The lowest BCUT2D eigenvalue weighted by Gasteiger charge is -2.33. The van der Waals surface area contributed by atoms with Gasteiger partial charge in [-0.15, -0.1) is 0 Å². The number of nitrogens with zero attached hydrogens (tertiary/aromatic N) is 2. The Hall–Kier alpha value is -1.75. The Morgan fingerprint density at radius 2 is 2.16 bits per heavy atom. The molecular formula is C20H34N4O. The zero-order valence-corrected chi connectivity index (χ0v) is 16.3. The van der Waals surface area contributed by atoms with E-state index in [2.05, 4.69) is 52.6 Å². The van der Waals surface area contributed by atoms with Gasteiger partial charge in [0.2, 0.25) is 0 Å². The first-order valence-electron chi connectivity index (χ1n) is 9.46. The van der Waals surface area contributed by atoms with Crippen LogP contribution in [0.15, 0.2) is 23.2 Å². The highest BCUT2D eigenvalue weighted by Gasteiger charge is 2.17. The molecule has 2 N–H and O–H groups in total. The Kier molecular flexibility index (Phi) is 8.06. The van der Waals surface area contributed by atoms with Gasteiger partial charge in [-0.2, -0.15) is 0 Å². The number of methoxy groups -OCH3 is 1.